The molecule has 3 rings (SSSR count). The summed E-state index contributed by atoms with van der Waals surface area (Å²) in [6.07, 6.45) is 2.69. The van der Waals surface area contributed by atoms with Gasteiger partial charge in [-0.05, 0) is 36.7 Å². The molecule has 22 heavy (non-hydrogen) atoms. The van der Waals surface area contributed by atoms with Crippen molar-refractivity contribution >= 4 is 10.2 Å². The molecule has 2 heterocycles. The van der Waals surface area contributed by atoms with Crippen molar-refractivity contribution in [2.45, 2.75) is 19.3 Å². The van der Waals surface area contributed by atoms with Gasteiger partial charge < -0.3 is 4.74 Å². The highest BCUT2D eigenvalue weighted by atomic mass is 32.2. The van der Waals surface area contributed by atoms with Gasteiger partial charge in [0.05, 0.1) is 6.61 Å². The number of ether oxygens (including phenoxy) is 1. The molecule has 1 aliphatic heterocycles. The van der Waals surface area contributed by atoms with Gasteiger partial charge in [0.2, 0.25) is 5.88 Å². The van der Waals surface area contributed by atoms with E-state index in [0.717, 1.165) is 19.3 Å². The summed E-state index contributed by atoms with van der Waals surface area (Å²) in [4.78, 5) is 4.08. The molecule has 7 nitrogen and oxygen atoms in total. The Hall–Kier alpha value is -1.69. The minimum absolute atomic E-state index is 0.189. The van der Waals surface area contributed by atoms with Crippen LogP contribution in [0.5, 0.6) is 5.88 Å². The quantitative estimate of drug-likeness (QED) is 0.874. The van der Waals surface area contributed by atoms with Crippen LogP contribution in [0.3, 0.4) is 0 Å². The van der Waals surface area contributed by atoms with E-state index in [4.69, 9.17) is 15.1 Å². The van der Waals surface area contributed by atoms with Crippen molar-refractivity contribution in [3.05, 3.63) is 23.9 Å². The fourth-order valence-corrected chi connectivity index (χ4v) is 3.90. The molecule has 0 radical (unpaired) electrons. The minimum atomic E-state index is -3.57. The lowest BCUT2D eigenvalue weighted by molar-refractivity contribution is 0.205. The maximum Gasteiger partial charge on any atom is 0.276 e. The number of nitriles is 1. The van der Waals surface area contributed by atoms with Crippen LogP contribution in [-0.4, -0.2) is 37.4 Å². The molecule has 1 aromatic rings. The molecule has 0 bridgehead atoms. The average molecular weight is 322 g/mol. The Labute approximate surface area is 129 Å². The molecule has 1 atom stereocenters. The lowest BCUT2D eigenvalue weighted by atomic mass is 9.92. The van der Waals surface area contributed by atoms with Crippen molar-refractivity contribution in [3.8, 4) is 11.9 Å². The van der Waals surface area contributed by atoms with E-state index < -0.39 is 10.2 Å². The Morgan fingerprint density at radius 2 is 2.18 bits per heavy atom. The van der Waals surface area contributed by atoms with Crippen LogP contribution >= 0.6 is 0 Å². The van der Waals surface area contributed by atoms with Gasteiger partial charge in [0.1, 0.15) is 11.8 Å². The van der Waals surface area contributed by atoms with Crippen LogP contribution in [0.4, 0.5) is 0 Å². The third-order valence-electron chi connectivity index (χ3n) is 4.71. The van der Waals surface area contributed by atoms with Crippen molar-refractivity contribution in [1.82, 2.24) is 9.29 Å². The number of piperidine rings is 1. The Morgan fingerprint density at radius 3 is 2.82 bits per heavy atom. The van der Waals surface area contributed by atoms with Gasteiger partial charge in [-0.1, -0.05) is 6.07 Å². The number of rotatable bonds is 4. The molecule has 1 spiro atoms. The number of hydrogen-bond acceptors (Lipinski definition) is 5. The van der Waals surface area contributed by atoms with Gasteiger partial charge in [-0.3, -0.25) is 0 Å². The van der Waals surface area contributed by atoms with Crippen molar-refractivity contribution in [1.29, 1.82) is 5.26 Å². The molecular formula is C14H18N4O3S. The van der Waals surface area contributed by atoms with Crippen LogP contribution in [-0.2, 0) is 10.2 Å². The number of nitrogens with two attached hydrogens (primary N) is 1. The first-order chi connectivity index (χ1) is 10.4. The molecule has 0 amide bonds. The summed E-state index contributed by atoms with van der Waals surface area (Å²) in [5.41, 5.74) is 0.526. The first-order valence-corrected chi connectivity index (χ1v) is 8.71. The van der Waals surface area contributed by atoms with E-state index in [0.29, 0.717) is 37.2 Å². The molecule has 1 aromatic heterocycles. The van der Waals surface area contributed by atoms with Gasteiger partial charge in [-0.15, -0.1) is 0 Å². The van der Waals surface area contributed by atoms with E-state index in [1.165, 1.54) is 4.31 Å². The summed E-state index contributed by atoms with van der Waals surface area (Å²) >= 11 is 0. The van der Waals surface area contributed by atoms with Crippen molar-refractivity contribution in [2.24, 2.45) is 16.5 Å². The fraction of sp³-hybridized carbons (Fsp3) is 0.571. The second-order valence-electron chi connectivity index (χ2n) is 5.99. The predicted octanol–water partition coefficient (Wildman–Crippen LogP) is 0.638. The Morgan fingerprint density at radius 1 is 1.45 bits per heavy atom. The van der Waals surface area contributed by atoms with E-state index >= 15 is 0 Å². The van der Waals surface area contributed by atoms with E-state index in [2.05, 4.69) is 4.98 Å². The second kappa shape index (κ2) is 5.50. The SMILES string of the molecule is N#Cc1cccc(OC[C@@H]2CC23CCN(S(N)(=O)=O)CC3)n1. The lowest BCUT2D eigenvalue weighted by Crippen LogP contribution is -2.43. The van der Waals surface area contributed by atoms with E-state index in [1.807, 2.05) is 6.07 Å². The van der Waals surface area contributed by atoms with Crippen LogP contribution in [0.1, 0.15) is 25.0 Å². The average Bonchev–Trinajstić information content (AvgIpc) is 3.17. The minimum Gasteiger partial charge on any atom is -0.477 e. The molecule has 2 aliphatic rings. The van der Waals surface area contributed by atoms with Gasteiger partial charge in [0.15, 0.2) is 0 Å². The third kappa shape index (κ3) is 3.06. The second-order valence-corrected chi connectivity index (χ2v) is 7.54. The zero-order chi connectivity index (χ0) is 15.8. The van der Waals surface area contributed by atoms with Crippen molar-refractivity contribution < 1.29 is 13.2 Å². The fourth-order valence-electron chi connectivity index (χ4n) is 3.21. The number of pyridine rings is 1. The molecule has 1 saturated carbocycles. The van der Waals surface area contributed by atoms with Crippen LogP contribution in [0.15, 0.2) is 18.2 Å². The highest BCUT2D eigenvalue weighted by Gasteiger charge is 2.55. The monoisotopic (exact) mass is 322 g/mol. The molecule has 118 valence electrons. The van der Waals surface area contributed by atoms with Gasteiger partial charge in [0, 0.05) is 19.2 Å². The normalized spacial score (nSPS) is 23.9. The predicted molar refractivity (Wildman–Crippen MR) is 78.9 cm³/mol. The summed E-state index contributed by atoms with van der Waals surface area (Å²) in [6.45, 7) is 1.52. The largest absolute Gasteiger partial charge is 0.477 e. The highest BCUT2D eigenvalue weighted by Crippen LogP contribution is 2.59. The number of nitrogens with zero attached hydrogens (tertiary/aromatic N) is 3. The summed E-state index contributed by atoms with van der Waals surface area (Å²) in [7, 11) is -3.57. The Balaban J connectivity index is 1.52. The number of aromatic nitrogens is 1. The number of hydrogen-bond donors (Lipinski definition) is 1. The smallest absolute Gasteiger partial charge is 0.276 e. The maximum atomic E-state index is 11.3. The molecule has 1 saturated heterocycles. The van der Waals surface area contributed by atoms with Gasteiger partial charge in [0.25, 0.3) is 10.2 Å². The highest BCUT2D eigenvalue weighted by molar-refractivity contribution is 7.86. The lowest BCUT2D eigenvalue weighted by Gasteiger charge is -2.30. The van der Waals surface area contributed by atoms with Crippen LogP contribution in [0, 0.1) is 22.7 Å². The van der Waals surface area contributed by atoms with E-state index in [1.54, 1.807) is 18.2 Å². The van der Waals surface area contributed by atoms with Crippen LogP contribution in [0.25, 0.3) is 0 Å². The maximum absolute atomic E-state index is 11.3. The standard InChI is InChI=1S/C14H18N4O3S/c15-9-12-2-1-3-13(17-12)21-10-11-8-14(11)4-6-18(7-5-14)22(16,19)20/h1-3,11H,4-8,10H2,(H2,16,19,20)/t11-/m0/s1. The molecular weight excluding hydrogens is 304 g/mol. The molecule has 2 fully saturated rings. The summed E-state index contributed by atoms with van der Waals surface area (Å²) in [5.74, 6) is 0.880. The Kier molecular flexibility index (Phi) is 3.80. The third-order valence-corrected chi connectivity index (χ3v) is 5.79. The summed E-state index contributed by atoms with van der Waals surface area (Å²) < 4.78 is 29.6. The zero-order valence-corrected chi connectivity index (χ0v) is 12.9. The van der Waals surface area contributed by atoms with Crippen LogP contribution < -0.4 is 9.88 Å². The van der Waals surface area contributed by atoms with Crippen LogP contribution in [0.2, 0.25) is 0 Å². The molecule has 0 unspecified atom stereocenters. The zero-order valence-electron chi connectivity index (χ0n) is 12.1. The molecule has 2 N–H and O–H groups in total. The first-order valence-electron chi connectivity index (χ1n) is 7.21. The Bertz CT molecular complexity index is 705. The molecule has 0 aromatic carbocycles. The van der Waals surface area contributed by atoms with Gasteiger partial charge in [-0.25, -0.2) is 10.1 Å². The molecule has 8 heteroatoms. The topological polar surface area (TPSA) is 109 Å². The summed E-state index contributed by atoms with van der Waals surface area (Å²) in [6, 6.07) is 7.09. The summed E-state index contributed by atoms with van der Waals surface area (Å²) in [5, 5.41) is 14.0. The first kappa shape index (κ1) is 15.2. The van der Waals surface area contributed by atoms with E-state index in [9.17, 15) is 8.42 Å². The van der Waals surface area contributed by atoms with Crippen molar-refractivity contribution in [3.63, 3.8) is 0 Å². The van der Waals surface area contributed by atoms with Gasteiger partial charge >= 0.3 is 0 Å². The van der Waals surface area contributed by atoms with Gasteiger partial charge in [-0.2, -0.15) is 18.0 Å². The molecule has 1 aliphatic carbocycles. The van der Waals surface area contributed by atoms with Crippen molar-refractivity contribution in [2.75, 3.05) is 19.7 Å². The van der Waals surface area contributed by atoms with E-state index in [-0.39, 0.29) is 5.41 Å².